The number of fused-ring (bicyclic) bond motifs is 1. The number of guanidine groups is 1. The van der Waals surface area contributed by atoms with Crippen molar-refractivity contribution in [2.75, 3.05) is 0 Å². The van der Waals surface area contributed by atoms with Gasteiger partial charge in [0.2, 0.25) is 5.96 Å². The zero-order valence-electron chi connectivity index (χ0n) is 8.99. The number of aliphatic imine (C=N–C) groups is 1. The zero-order chi connectivity index (χ0) is 12.4. The van der Waals surface area contributed by atoms with Crippen molar-refractivity contribution in [3.8, 4) is 6.19 Å². The summed E-state index contributed by atoms with van der Waals surface area (Å²) in [4.78, 5) is 3.75. The molecule has 0 aliphatic heterocycles. The van der Waals surface area contributed by atoms with Crippen LogP contribution < -0.4 is 11.1 Å². The number of aryl methyl sites for hydroxylation is 1. The van der Waals surface area contributed by atoms with Gasteiger partial charge in [-0.25, -0.2) is 9.38 Å². The number of rotatable bonds is 1. The number of halogens is 1. The minimum absolute atomic E-state index is 0.0542. The lowest BCUT2D eigenvalue weighted by Crippen LogP contribution is -2.26. The van der Waals surface area contributed by atoms with Crippen molar-refractivity contribution in [1.82, 2.24) is 5.32 Å². The van der Waals surface area contributed by atoms with Crippen LogP contribution in [0, 0.1) is 24.2 Å². The number of nitrogens with one attached hydrogen (secondary N) is 1. The molecule has 0 amide bonds. The molecule has 0 aliphatic rings. The Labute approximate surface area is 96.3 Å². The highest BCUT2D eigenvalue weighted by atomic mass is 19.1. The molecule has 0 saturated heterocycles. The molecule has 0 bridgehead atoms. The van der Waals surface area contributed by atoms with E-state index < -0.39 is 5.82 Å². The Balaban J connectivity index is 2.51. The minimum Gasteiger partial charge on any atom is -0.461 e. The summed E-state index contributed by atoms with van der Waals surface area (Å²) in [6, 6.07) is 4.51. The summed E-state index contributed by atoms with van der Waals surface area (Å²) >= 11 is 0. The summed E-state index contributed by atoms with van der Waals surface area (Å²) in [6.45, 7) is 1.77. The number of nitrogens with zero attached hydrogens (tertiary/aromatic N) is 2. The van der Waals surface area contributed by atoms with Gasteiger partial charge in [-0.05, 0) is 19.1 Å². The Bertz CT molecular complexity index is 639. The first kappa shape index (κ1) is 11.0. The Morgan fingerprint density at radius 3 is 3.00 bits per heavy atom. The van der Waals surface area contributed by atoms with Crippen LogP contribution in [-0.4, -0.2) is 5.96 Å². The highest BCUT2D eigenvalue weighted by molar-refractivity contribution is 5.86. The van der Waals surface area contributed by atoms with Crippen LogP contribution in [-0.2, 0) is 0 Å². The molecule has 0 saturated carbocycles. The summed E-state index contributed by atoms with van der Waals surface area (Å²) in [6.07, 6.45) is 1.60. The number of hydrogen-bond donors (Lipinski definition) is 2. The second-order valence-electron chi connectivity index (χ2n) is 3.43. The van der Waals surface area contributed by atoms with E-state index in [1.54, 1.807) is 19.2 Å². The largest absolute Gasteiger partial charge is 0.461 e. The van der Waals surface area contributed by atoms with E-state index in [2.05, 4.69) is 10.3 Å². The first-order valence-corrected chi connectivity index (χ1v) is 4.79. The Kier molecular flexibility index (Phi) is 2.66. The van der Waals surface area contributed by atoms with Gasteiger partial charge in [0.1, 0.15) is 17.0 Å². The van der Waals surface area contributed by atoms with Crippen molar-refractivity contribution >= 4 is 22.6 Å². The molecule has 0 spiro atoms. The molecule has 6 heteroatoms. The van der Waals surface area contributed by atoms with Crippen LogP contribution in [0.2, 0.25) is 0 Å². The molecule has 1 aromatic carbocycles. The third-order valence-electron chi connectivity index (χ3n) is 2.13. The average molecular weight is 232 g/mol. The quantitative estimate of drug-likeness (QED) is 0.340. The molecule has 0 atom stereocenters. The van der Waals surface area contributed by atoms with Crippen LogP contribution in [0.15, 0.2) is 27.6 Å². The first-order valence-electron chi connectivity index (χ1n) is 4.79. The van der Waals surface area contributed by atoms with Crippen LogP contribution in [0.1, 0.15) is 5.76 Å². The maximum absolute atomic E-state index is 13.6. The number of nitrogens with two attached hydrogens (primary N) is 1. The van der Waals surface area contributed by atoms with Crippen LogP contribution in [0.5, 0.6) is 0 Å². The van der Waals surface area contributed by atoms with E-state index in [0.29, 0.717) is 11.3 Å². The van der Waals surface area contributed by atoms with Crippen LogP contribution in [0.25, 0.3) is 11.0 Å². The van der Waals surface area contributed by atoms with Gasteiger partial charge >= 0.3 is 0 Å². The monoisotopic (exact) mass is 232 g/mol. The van der Waals surface area contributed by atoms with Crippen LogP contribution in [0.3, 0.4) is 0 Å². The summed E-state index contributed by atoms with van der Waals surface area (Å²) in [5.41, 5.74) is 5.86. The maximum atomic E-state index is 13.6. The predicted octanol–water partition coefficient (Wildman–Crippen LogP) is 1.90. The minimum atomic E-state index is -0.561. The van der Waals surface area contributed by atoms with Gasteiger partial charge in [-0.15, -0.1) is 0 Å². The van der Waals surface area contributed by atoms with E-state index in [0.717, 1.165) is 5.39 Å². The first-order chi connectivity index (χ1) is 8.10. The maximum Gasteiger partial charge on any atom is 0.207 e. The van der Waals surface area contributed by atoms with Crippen molar-refractivity contribution in [3.05, 3.63) is 29.8 Å². The van der Waals surface area contributed by atoms with Gasteiger partial charge in [-0.3, -0.25) is 5.32 Å². The fourth-order valence-corrected chi connectivity index (χ4v) is 1.48. The standard InChI is InChI=1S/C11H9FN4O/c1-6-2-7-3-9(16-11(14)15-5-13)8(12)4-10(7)17-6/h2-4H,1H3,(H3,14,15,16). The number of nitriles is 1. The third-order valence-corrected chi connectivity index (χ3v) is 2.13. The molecule has 0 unspecified atom stereocenters. The van der Waals surface area contributed by atoms with Crippen molar-refractivity contribution in [2.45, 2.75) is 6.92 Å². The summed E-state index contributed by atoms with van der Waals surface area (Å²) in [5.74, 6) is -0.0378. The van der Waals surface area contributed by atoms with E-state index in [9.17, 15) is 4.39 Å². The van der Waals surface area contributed by atoms with Crippen molar-refractivity contribution in [3.63, 3.8) is 0 Å². The van der Waals surface area contributed by atoms with E-state index in [1.807, 2.05) is 0 Å². The topological polar surface area (TPSA) is 87.3 Å². The lowest BCUT2D eigenvalue weighted by Gasteiger charge is -1.99. The number of benzene rings is 1. The summed E-state index contributed by atoms with van der Waals surface area (Å²) in [7, 11) is 0. The Morgan fingerprint density at radius 1 is 1.53 bits per heavy atom. The molecule has 3 N–H and O–H groups in total. The van der Waals surface area contributed by atoms with Gasteiger partial charge in [0.15, 0.2) is 12.0 Å². The van der Waals surface area contributed by atoms with E-state index >= 15 is 0 Å². The van der Waals surface area contributed by atoms with Gasteiger partial charge in [0.25, 0.3) is 0 Å². The number of furan rings is 1. The fraction of sp³-hybridized carbons (Fsp3) is 0.0909. The highest BCUT2D eigenvalue weighted by Gasteiger charge is 2.08. The number of hydrogen-bond acceptors (Lipinski definition) is 3. The van der Waals surface area contributed by atoms with E-state index in [4.69, 9.17) is 15.4 Å². The molecule has 0 aliphatic carbocycles. The Morgan fingerprint density at radius 2 is 2.29 bits per heavy atom. The molecule has 0 radical (unpaired) electrons. The lowest BCUT2D eigenvalue weighted by molar-refractivity contribution is 0.571. The lowest BCUT2D eigenvalue weighted by atomic mass is 10.2. The molecule has 17 heavy (non-hydrogen) atoms. The highest BCUT2D eigenvalue weighted by Crippen LogP contribution is 2.27. The average Bonchev–Trinajstić information content (AvgIpc) is 2.58. The van der Waals surface area contributed by atoms with Gasteiger partial charge in [0, 0.05) is 11.5 Å². The van der Waals surface area contributed by atoms with E-state index in [1.165, 1.54) is 12.1 Å². The van der Waals surface area contributed by atoms with Gasteiger partial charge in [-0.1, -0.05) is 0 Å². The molecule has 86 valence electrons. The van der Waals surface area contributed by atoms with Gasteiger partial charge < -0.3 is 10.2 Å². The SMILES string of the molecule is Cc1cc2cc(N=C(N)NC#N)c(F)cc2o1. The Hall–Kier alpha value is -2.55. The van der Waals surface area contributed by atoms with Gasteiger partial charge in [0.05, 0.1) is 0 Å². The van der Waals surface area contributed by atoms with E-state index in [-0.39, 0.29) is 11.6 Å². The van der Waals surface area contributed by atoms with Gasteiger partial charge in [-0.2, -0.15) is 5.26 Å². The molecule has 5 nitrogen and oxygen atoms in total. The van der Waals surface area contributed by atoms with Crippen LogP contribution >= 0.6 is 0 Å². The zero-order valence-corrected chi connectivity index (χ0v) is 8.99. The van der Waals surface area contributed by atoms with Crippen molar-refractivity contribution in [2.24, 2.45) is 10.7 Å². The molecular formula is C11H9FN4O. The van der Waals surface area contributed by atoms with Crippen molar-refractivity contribution in [1.29, 1.82) is 5.26 Å². The smallest absolute Gasteiger partial charge is 0.207 e. The molecular weight excluding hydrogens is 223 g/mol. The normalized spacial score (nSPS) is 11.5. The molecule has 2 aromatic rings. The second kappa shape index (κ2) is 4.14. The fourth-order valence-electron chi connectivity index (χ4n) is 1.48. The molecule has 1 heterocycles. The summed E-state index contributed by atoms with van der Waals surface area (Å²) < 4.78 is 18.9. The molecule has 1 aromatic heterocycles. The molecule has 2 rings (SSSR count). The third kappa shape index (κ3) is 2.18. The van der Waals surface area contributed by atoms with Crippen LogP contribution in [0.4, 0.5) is 10.1 Å². The van der Waals surface area contributed by atoms with Crippen molar-refractivity contribution < 1.29 is 8.81 Å². The molecule has 0 fully saturated rings. The predicted molar refractivity (Wildman–Crippen MR) is 60.9 cm³/mol. The summed E-state index contributed by atoms with van der Waals surface area (Å²) in [5, 5.41) is 11.2. The second-order valence-corrected chi connectivity index (χ2v) is 3.43.